The van der Waals surface area contributed by atoms with Gasteiger partial charge in [0.25, 0.3) is 0 Å². The average molecular weight is 284 g/mol. The Hall–Kier alpha value is 0.320. The summed E-state index contributed by atoms with van der Waals surface area (Å²) < 4.78 is 17.0. The van der Waals surface area contributed by atoms with Gasteiger partial charge in [-0.05, 0) is 6.92 Å². The van der Waals surface area contributed by atoms with Crippen LogP contribution < -0.4 is 17.0 Å². The van der Waals surface area contributed by atoms with E-state index in [9.17, 15) is 0 Å². The first-order valence-electron chi connectivity index (χ1n) is 5.34. The lowest BCUT2D eigenvalue weighted by molar-refractivity contribution is -0.906. The zero-order valence-electron chi connectivity index (χ0n) is 9.71. The van der Waals surface area contributed by atoms with Crippen LogP contribution in [0.15, 0.2) is 0 Å². The molecule has 5 heteroatoms. The highest BCUT2D eigenvalue weighted by Crippen LogP contribution is 2.08. The number of nitrogens with zero attached hydrogens (tertiary/aromatic N) is 1. The summed E-state index contributed by atoms with van der Waals surface area (Å²) in [4.78, 5) is 0. The number of rotatable bonds is 7. The van der Waals surface area contributed by atoms with Gasteiger partial charge in [0, 0.05) is 6.61 Å². The maximum Gasteiger partial charge on any atom is 0.183 e. The lowest BCUT2D eigenvalue weighted by atomic mass is 10.4. The summed E-state index contributed by atoms with van der Waals surface area (Å²) in [5.74, 6) is 0. The summed E-state index contributed by atoms with van der Waals surface area (Å²) in [5.41, 5.74) is 0. The maximum atomic E-state index is 5.47. The van der Waals surface area contributed by atoms with E-state index in [1.807, 2.05) is 6.92 Å². The molecule has 0 aromatic rings. The minimum atomic E-state index is 0. The van der Waals surface area contributed by atoms with Crippen molar-refractivity contribution in [3.8, 4) is 0 Å². The number of quaternary nitrogens is 1. The summed E-state index contributed by atoms with van der Waals surface area (Å²) >= 11 is 0. The molecular formula is C10H22BrNO3. The van der Waals surface area contributed by atoms with Crippen LogP contribution in [0.3, 0.4) is 0 Å². The second-order valence-corrected chi connectivity index (χ2v) is 3.91. The number of hydrogen-bond acceptors (Lipinski definition) is 3. The molecule has 0 bridgehead atoms. The van der Waals surface area contributed by atoms with Crippen LogP contribution in [0.4, 0.5) is 0 Å². The molecule has 0 aromatic carbocycles. The van der Waals surface area contributed by atoms with E-state index < -0.39 is 0 Å². The Bertz CT molecular complexity index is 152. The Labute approximate surface area is 103 Å². The fourth-order valence-electron chi connectivity index (χ4n) is 1.46. The quantitative estimate of drug-likeness (QED) is 0.381. The van der Waals surface area contributed by atoms with Crippen LogP contribution in [-0.4, -0.2) is 64.4 Å². The molecule has 0 aliphatic carbocycles. The van der Waals surface area contributed by atoms with Gasteiger partial charge in [0.2, 0.25) is 0 Å². The minimum absolute atomic E-state index is 0. The second kappa shape index (κ2) is 8.47. The highest BCUT2D eigenvalue weighted by molar-refractivity contribution is 4.42. The van der Waals surface area contributed by atoms with Gasteiger partial charge in [0.15, 0.2) is 6.73 Å². The van der Waals surface area contributed by atoms with Gasteiger partial charge in [0.05, 0.1) is 26.9 Å². The summed E-state index contributed by atoms with van der Waals surface area (Å²) in [6, 6.07) is 0. The van der Waals surface area contributed by atoms with Gasteiger partial charge in [-0.1, -0.05) is 0 Å². The molecule has 0 spiro atoms. The molecule has 0 N–H and O–H groups in total. The number of ether oxygens (including phenoxy) is 3. The molecule has 1 aliphatic rings. The number of likely N-dealkylation sites (N-methyl/N-ethyl adjacent to an activating group) is 1. The zero-order valence-corrected chi connectivity index (χ0v) is 11.3. The van der Waals surface area contributed by atoms with E-state index in [1.54, 1.807) is 0 Å². The fourth-order valence-corrected chi connectivity index (χ4v) is 1.46. The van der Waals surface area contributed by atoms with Gasteiger partial charge in [-0.3, -0.25) is 4.48 Å². The van der Waals surface area contributed by atoms with Crippen LogP contribution >= 0.6 is 0 Å². The predicted octanol–water partition coefficient (Wildman–Crippen LogP) is -2.52. The Morgan fingerprint density at radius 3 is 2.53 bits per heavy atom. The summed E-state index contributed by atoms with van der Waals surface area (Å²) in [5, 5.41) is 0. The van der Waals surface area contributed by atoms with Gasteiger partial charge in [-0.15, -0.1) is 0 Å². The predicted molar refractivity (Wildman–Crippen MR) is 54.0 cm³/mol. The van der Waals surface area contributed by atoms with Crippen LogP contribution in [0.1, 0.15) is 6.92 Å². The largest absolute Gasteiger partial charge is 1.00 e. The van der Waals surface area contributed by atoms with E-state index >= 15 is 0 Å². The molecule has 1 fully saturated rings. The number of hydrogen-bond donors (Lipinski definition) is 0. The second-order valence-electron chi connectivity index (χ2n) is 3.91. The van der Waals surface area contributed by atoms with Crippen molar-refractivity contribution in [1.29, 1.82) is 0 Å². The summed E-state index contributed by atoms with van der Waals surface area (Å²) in [7, 11) is 2.21. The van der Waals surface area contributed by atoms with Gasteiger partial charge in [-0.25, -0.2) is 0 Å². The van der Waals surface area contributed by atoms with E-state index in [2.05, 4.69) is 7.05 Å². The third-order valence-electron chi connectivity index (χ3n) is 2.53. The third kappa shape index (κ3) is 6.48. The zero-order chi connectivity index (χ0) is 10.3. The van der Waals surface area contributed by atoms with Crippen molar-refractivity contribution in [2.24, 2.45) is 0 Å². The van der Waals surface area contributed by atoms with E-state index in [-0.39, 0.29) is 17.0 Å². The van der Waals surface area contributed by atoms with Gasteiger partial charge in [0.1, 0.15) is 19.7 Å². The molecule has 1 rings (SSSR count). The van der Waals surface area contributed by atoms with Crippen LogP contribution in [-0.2, 0) is 14.2 Å². The van der Waals surface area contributed by atoms with Crippen molar-refractivity contribution in [2.75, 3.05) is 59.9 Å². The molecule has 0 aromatic heterocycles. The van der Waals surface area contributed by atoms with Crippen LogP contribution in [0.25, 0.3) is 0 Å². The SMILES string of the molecule is CCOCCOCC[N+]1(C)CCOC1.[Br-]. The van der Waals surface area contributed by atoms with E-state index in [0.29, 0.717) is 13.2 Å². The molecule has 1 atom stereocenters. The van der Waals surface area contributed by atoms with Gasteiger partial charge >= 0.3 is 0 Å². The maximum absolute atomic E-state index is 5.47. The molecule has 0 amide bonds. The topological polar surface area (TPSA) is 27.7 Å². The molecule has 1 saturated heterocycles. The van der Waals surface area contributed by atoms with Crippen molar-refractivity contribution < 1.29 is 35.7 Å². The Morgan fingerprint density at radius 1 is 1.20 bits per heavy atom. The lowest BCUT2D eigenvalue weighted by Crippen LogP contribution is -3.00. The van der Waals surface area contributed by atoms with Gasteiger partial charge in [-0.2, -0.15) is 0 Å². The van der Waals surface area contributed by atoms with Crippen LogP contribution in [0, 0.1) is 0 Å². The Morgan fingerprint density at radius 2 is 1.93 bits per heavy atom. The molecule has 1 aliphatic heterocycles. The number of halogens is 1. The Balaban J connectivity index is 0.00000196. The summed E-state index contributed by atoms with van der Waals surface area (Å²) in [6.07, 6.45) is 0. The molecular weight excluding hydrogens is 262 g/mol. The average Bonchev–Trinajstić information content (AvgIpc) is 2.59. The first-order valence-corrected chi connectivity index (χ1v) is 5.34. The van der Waals surface area contributed by atoms with E-state index in [0.717, 1.165) is 44.1 Å². The Kier molecular flexibility index (Phi) is 8.65. The van der Waals surface area contributed by atoms with Crippen LogP contribution in [0.5, 0.6) is 0 Å². The molecule has 1 heterocycles. The molecule has 4 nitrogen and oxygen atoms in total. The van der Waals surface area contributed by atoms with Crippen molar-refractivity contribution in [1.82, 2.24) is 0 Å². The fraction of sp³-hybridized carbons (Fsp3) is 1.00. The van der Waals surface area contributed by atoms with E-state index in [4.69, 9.17) is 14.2 Å². The van der Waals surface area contributed by atoms with Gasteiger partial charge < -0.3 is 31.2 Å². The summed E-state index contributed by atoms with van der Waals surface area (Å²) in [6.45, 7) is 8.82. The first kappa shape index (κ1) is 15.3. The van der Waals surface area contributed by atoms with Crippen molar-refractivity contribution in [2.45, 2.75) is 6.92 Å². The highest BCUT2D eigenvalue weighted by Gasteiger charge is 2.26. The molecule has 0 saturated carbocycles. The van der Waals surface area contributed by atoms with Crippen LogP contribution in [0.2, 0.25) is 0 Å². The standard InChI is InChI=1S/C10H22NO3.BrH/c1-3-12-8-9-13-6-4-11(2)5-7-14-10-11;/h3-10H2,1-2H3;1H/q+1;/p-1. The van der Waals surface area contributed by atoms with Crippen molar-refractivity contribution in [3.05, 3.63) is 0 Å². The van der Waals surface area contributed by atoms with Crippen molar-refractivity contribution >= 4 is 0 Å². The van der Waals surface area contributed by atoms with E-state index in [1.165, 1.54) is 0 Å². The molecule has 92 valence electrons. The monoisotopic (exact) mass is 283 g/mol. The normalized spacial score (nSPS) is 25.2. The molecule has 1 unspecified atom stereocenters. The van der Waals surface area contributed by atoms with Crippen molar-refractivity contribution in [3.63, 3.8) is 0 Å². The third-order valence-corrected chi connectivity index (χ3v) is 2.53. The molecule has 0 radical (unpaired) electrons. The molecule has 15 heavy (non-hydrogen) atoms. The lowest BCUT2D eigenvalue weighted by Gasteiger charge is -2.26. The smallest absolute Gasteiger partial charge is 0.183 e. The highest BCUT2D eigenvalue weighted by atomic mass is 79.9. The first-order chi connectivity index (χ1) is 6.77. The minimum Gasteiger partial charge on any atom is -1.00 e.